The van der Waals surface area contributed by atoms with Crippen molar-refractivity contribution < 1.29 is 24.2 Å². The summed E-state index contributed by atoms with van der Waals surface area (Å²) in [6, 6.07) is 9.30. The summed E-state index contributed by atoms with van der Waals surface area (Å²) < 4.78 is 10.3. The summed E-state index contributed by atoms with van der Waals surface area (Å²) in [7, 11) is 1.55. The Kier molecular flexibility index (Phi) is 7.15. The maximum atomic E-state index is 12.7. The number of nitrogens with one attached hydrogen (secondary N) is 1. The molecule has 0 spiro atoms. The molecule has 0 bridgehead atoms. The number of hydrogen-bond donors (Lipinski definition) is 2. The Morgan fingerprint density at radius 2 is 1.93 bits per heavy atom. The second kappa shape index (κ2) is 9.34. The van der Waals surface area contributed by atoms with Gasteiger partial charge in [-0.1, -0.05) is 30.7 Å². The number of carboxylic acids is 1. The molecule has 1 aromatic heterocycles. The second-order valence-corrected chi connectivity index (χ2v) is 6.19. The van der Waals surface area contributed by atoms with Crippen LogP contribution in [0.2, 0.25) is 5.02 Å². The summed E-state index contributed by atoms with van der Waals surface area (Å²) in [5, 5.41) is 13.0. The third-order valence-electron chi connectivity index (χ3n) is 4.09. The number of benzene rings is 1. The monoisotopic (exact) mass is 392 g/mol. The molecule has 144 valence electrons. The van der Waals surface area contributed by atoms with Crippen molar-refractivity contribution in [2.45, 2.75) is 18.9 Å². The van der Waals surface area contributed by atoms with E-state index in [1.54, 1.807) is 38.3 Å². The number of aromatic nitrogens is 1. The third-order valence-corrected chi connectivity index (χ3v) is 4.35. The zero-order valence-corrected chi connectivity index (χ0v) is 15.8. The minimum Gasteiger partial charge on any atom is -0.479 e. The quantitative estimate of drug-likeness (QED) is 0.637. The fraction of sp³-hybridized carbons (Fsp3) is 0.316. The second-order valence-electron chi connectivity index (χ2n) is 5.75. The fourth-order valence-corrected chi connectivity index (χ4v) is 2.68. The Labute approximate surface area is 162 Å². The number of methoxy groups -OCH3 is 1. The molecule has 2 rings (SSSR count). The fourth-order valence-electron chi connectivity index (χ4n) is 2.55. The number of ether oxygens (including phenoxy) is 2. The number of pyridine rings is 1. The molecule has 1 atom stereocenters. The van der Waals surface area contributed by atoms with Crippen LogP contribution < -0.4 is 10.1 Å². The molecule has 1 aromatic carbocycles. The predicted octanol–water partition coefficient (Wildman–Crippen LogP) is 2.88. The van der Waals surface area contributed by atoms with Crippen molar-refractivity contribution in [1.82, 2.24) is 10.3 Å². The highest BCUT2D eigenvalue weighted by atomic mass is 35.5. The lowest BCUT2D eigenvalue weighted by Gasteiger charge is -2.30. The molecule has 0 aliphatic rings. The molecule has 0 saturated carbocycles. The van der Waals surface area contributed by atoms with E-state index in [0.717, 1.165) is 0 Å². The Balaban J connectivity index is 2.27. The minimum atomic E-state index is -1.58. The van der Waals surface area contributed by atoms with Crippen LogP contribution in [-0.4, -0.2) is 42.3 Å². The summed E-state index contributed by atoms with van der Waals surface area (Å²) in [6.07, 6.45) is 1.58. The number of carbonyl (C=O) groups is 2. The number of amides is 1. The van der Waals surface area contributed by atoms with Gasteiger partial charge in [-0.05, 0) is 30.2 Å². The van der Waals surface area contributed by atoms with E-state index in [9.17, 15) is 14.7 Å². The summed E-state index contributed by atoms with van der Waals surface area (Å²) in [4.78, 5) is 28.8. The van der Waals surface area contributed by atoms with Crippen molar-refractivity contribution in [3.63, 3.8) is 0 Å². The lowest BCUT2D eigenvalue weighted by Crippen LogP contribution is -2.51. The van der Waals surface area contributed by atoms with Gasteiger partial charge in [0.2, 0.25) is 5.88 Å². The zero-order chi connectivity index (χ0) is 19.9. The molecule has 7 nitrogen and oxygen atoms in total. The molecule has 1 amide bonds. The van der Waals surface area contributed by atoms with Crippen LogP contribution in [0.15, 0.2) is 42.6 Å². The van der Waals surface area contributed by atoms with Gasteiger partial charge in [0.1, 0.15) is 6.61 Å². The largest absolute Gasteiger partial charge is 0.479 e. The van der Waals surface area contributed by atoms with Crippen molar-refractivity contribution in [3.05, 3.63) is 58.7 Å². The molecule has 8 heteroatoms. The third kappa shape index (κ3) is 4.96. The Morgan fingerprint density at radius 3 is 2.52 bits per heavy atom. The molecule has 2 aromatic rings. The van der Waals surface area contributed by atoms with Gasteiger partial charge in [-0.2, -0.15) is 0 Å². The van der Waals surface area contributed by atoms with Gasteiger partial charge in [0, 0.05) is 30.0 Å². The van der Waals surface area contributed by atoms with Crippen LogP contribution in [0.5, 0.6) is 5.88 Å². The van der Waals surface area contributed by atoms with E-state index in [1.807, 2.05) is 0 Å². The van der Waals surface area contributed by atoms with Gasteiger partial charge in [-0.3, -0.25) is 4.79 Å². The first-order chi connectivity index (χ1) is 12.9. The van der Waals surface area contributed by atoms with E-state index in [-0.39, 0.29) is 24.5 Å². The van der Waals surface area contributed by atoms with Crippen molar-refractivity contribution in [2.24, 2.45) is 0 Å². The smallest absolute Gasteiger partial charge is 0.334 e. The van der Waals surface area contributed by atoms with Gasteiger partial charge >= 0.3 is 5.97 Å². The minimum absolute atomic E-state index is 0.151. The van der Waals surface area contributed by atoms with Gasteiger partial charge in [-0.15, -0.1) is 0 Å². The first-order valence-electron chi connectivity index (χ1n) is 8.32. The molecule has 1 unspecified atom stereocenters. The van der Waals surface area contributed by atoms with Gasteiger partial charge in [0.05, 0.1) is 6.61 Å². The first kappa shape index (κ1) is 20.7. The van der Waals surface area contributed by atoms with Gasteiger partial charge < -0.3 is 19.9 Å². The number of aliphatic carboxylic acids is 1. The van der Waals surface area contributed by atoms with E-state index in [2.05, 4.69) is 10.3 Å². The average Bonchev–Trinajstić information content (AvgIpc) is 2.67. The van der Waals surface area contributed by atoms with Crippen LogP contribution in [0.25, 0.3) is 0 Å². The van der Waals surface area contributed by atoms with Crippen molar-refractivity contribution in [2.75, 3.05) is 20.3 Å². The van der Waals surface area contributed by atoms with E-state index < -0.39 is 17.4 Å². The summed E-state index contributed by atoms with van der Waals surface area (Å²) >= 11 is 5.89. The molecule has 0 aliphatic heterocycles. The Hall–Kier alpha value is -2.64. The van der Waals surface area contributed by atoms with Crippen LogP contribution in [-0.2, 0) is 15.1 Å². The molecule has 0 saturated heterocycles. The highest BCUT2D eigenvalue weighted by Gasteiger charge is 2.40. The number of nitrogens with zero attached hydrogens (tertiary/aromatic N) is 1. The zero-order valence-electron chi connectivity index (χ0n) is 15.1. The lowest BCUT2D eigenvalue weighted by atomic mass is 9.87. The van der Waals surface area contributed by atoms with E-state index in [0.29, 0.717) is 17.2 Å². The van der Waals surface area contributed by atoms with Crippen LogP contribution in [0, 0.1) is 0 Å². The van der Waals surface area contributed by atoms with Gasteiger partial charge in [0.15, 0.2) is 5.54 Å². The summed E-state index contributed by atoms with van der Waals surface area (Å²) in [5.74, 6) is -1.46. The predicted molar refractivity (Wildman–Crippen MR) is 100 cm³/mol. The van der Waals surface area contributed by atoms with Crippen molar-refractivity contribution in [1.29, 1.82) is 0 Å². The topological polar surface area (TPSA) is 97.8 Å². The van der Waals surface area contributed by atoms with Crippen LogP contribution in [0.1, 0.15) is 29.3 Å². The normalized spacial score (nSPS) is 12.9. The molecule has 0 radical (unpaired) electrons. The van der Waals surface area contributed by atoms with Crippen molar-refractivity contribution in [3.8, 4) is 5.88 Å². The first-order valence-corrected chi connectivity index (χ1v) is 8.70. The standard InChI is InChI=1S/C19H21ClN2O5/c1-3-19(18(24)25,14-4-6-15(20)7-5-14)22-17(23)13-8-9-21-16(12-13)27-11-10-26-2/h4-9,12H,3,10-11H2,1-2H3,(H,22,23)(H,24,25). The number of halogens is 1. The van der Waals surface area contributed by atoms with Gasteiger partial charge in [0.25, 0.3) is 5.91 Å². The number of rotatable bonds is 9. The maximum Gasteiger partial charge on any atom is 0.334 e. The highest BCUT2D eigenvalue weighted by Crippen LogP contribution is 2.27. The lowest BCUT2D eigenvalue weighted by molar-refractivity contribution is -0.145. The molecule has 0 fully saturated rings. The van der Waals surface area contributed by atoms with Crippen LogP contribution >= 0.6 is 11.6 Å². The number of carbonyl (C=O) groups excluding carboxylic acids is 1. The van der Waals surface area contributed by atoms with E-state index in [4.69, 9.17) is 21.1 Å². The summed E-state index contributed by atoms with van der Waals surface area (Å²) in [5.41, 5.74) is -0.909. The van der Waals surface area contributed by atoms with Crippen molar-refractivity contribution >= 4 is 23.5 Å². The molecular weight excluding hydrogens is 372 g/mol. The SMILES string of the molecule is CCC(NC(=O)c1ccnc(OCCOC)c1)(C(=O)O)c1ccc(Cl)cc1. The van der Waals surface area contributed by atoms with E-state index >= 15 is 0 Å². The summed E-state index contributed by atoms with van der Waals surface area (Å²) in [6.45, 7) is 2.36. The molecule has 2 N–H and O–H groups in total. The van der Waals surface area contributed by atoms with E-state index in [1.165, 1.54) is 18.3 Å². The van der Waals surface area contributed by atoms with Crippen LogP contribution in [0.4, 0.5) is 0 Å². The Bertz CT molecular complexity index is 797. The average molecular weight is 393 g/mol. The number of hydrogen-bond acceptors (Lipinski definition) is 5. The highest BCUT2D eigenvalue weighted by molar-refractivity contribution is 6.30. The Morgan fingerprint density at radius 1 is 1.22 bits per heavy atom. The molecular formula is C19H21ClN2O5. The molecule has 27 heavy (non-hydrogen) atoms. The maximum absolute atomic E-state index is 12.7. The van der Waals surface area contributed by atoms with Gasteiger partial charge in [-0.25, -0.2) is 9.78 Å². The molecule has 1 heterocycles. The molecule has 0 aliphatic carbocycles. The number of carboxylic acid groups (broad SMARTS) is 1. The van der Waals surface area contributed by atoms with Crippen LogP contribution in [0.3, 0.4) is 0 Å².